The summed E-state index contributed by atoms with van der Waals surface area (Å²) in [7, 11) is 0. The molecule has 0 spiro atoms. The molecule has 0 amide bonds. The second kappa shape index (κ2) is 6.02. The quantitative estimate of drug-likeness (QED) is 0.829. The predicted molar refractivity (Wildman–Crippen MR) is 74.9 cm³/mol. The third-order valence-electron chi connectivity index (χ3n) is 3.86. The minimum Gasteiger partial charge on any atom is -0.316 e. The summed E-state index contributed by atoms with van der Waals surface area (Å²) in [4.78, 5) is 0. The van der Waals surface area contributed by atoms with Crippen molar-refractivity contribution in [1.82, 2.24) is 5.32 Å². The molecule has 0 saturated carbocycles. The van der Waals surface area contributed by atoms with Crippen molar-refractivity contribution < 1.29 is 0 Å². The molecule has 1 aromatic carbocycles. The van der Waals surface area contributed by atoms with Gasteiger partial charge in [0.25, 0.3) is 0 Å². The smallest absolute Gasteiger partial charge is 0.00171 e. The summed E-state index contributed by atoms with van der Waals surface area (Å²) in [6.45, 7) is 6.92. The third-order valence-corrected chi connectivity index (χ3v) is 3.86. The van der Waals surface area contributed by atoms with Crippen molar-refractivity contribution in [1.29, 1.82) is 0 Å². The summed E-state index contributed by atoms with van der Waals surface area (Å²) in [6.07, 6.45) is 3.84. The van der Waals surface area contributed by atoms with Gasteiger partial charge in [-0.1, -0.05) is 42.8 Å². The van der Waals surface area contributed by atoms with Crippen LogP contribution < -0.4 is 5.32 Å². The van der Waals surface area contributed by atoms with Crippen molar-refractivity contribution >= 4 is 5.57 Å². The van der Waals surface area contributed by atoms with Crippen molar-refractivity contribution in [3.05, 3.63) is 41.5 Å². The van der Waals surface area contributed by atoms with E-state index in [0.29, 0.717) is 0 Å². The van der Waals surface area contributed by atoms with E-state index in [1.54, 1.807) is 5.57 Å². The lowest BCUT2D eigenvalue weighted by molar-refractivity contribution is 0.416. The number of allylic oxidation sites excluding steroid dienone is 1. The Morgan fingerprint density at radius 3 is 2.65 bits per heavy atom. The summed E-state index contributed by atoms with van der Waals surface area (Å²) in [5.41, 5.74) is 4.51. The topological polar surface area (TPSA) is 12.0 Å². The van der Waals surface area contributed by atoms with E-state index in [4.69, 9.17) is 0 Å². The molecule has 1 heterocycles. The second-order valence-electron chi connectivity index (χ2n) is 4.91. The van der Waals surface area contributed by atoms with Crippen LogP contribution in [0.5, 0.6) is 0 Å². The van der Waals surface area contributed by atoms with Crippen molar-refractivity contribution in [2.24, 2.45) is 5.92 Å². The number of nitrogens with one attached hydrogen (secondary N) is 1. The lowest BCUT2D eigenvalue weighted by atomic mass is 9.85. The lowest BCUT2D eigenvalue weighted by Crippen LogP contribution is -2.31. The highest BCUT2D eigenvalue weighted by molar-refractivity contribution is 5.67. The molecule has 1 N–H and O–H groups in total. The van der Waals surface area contributed by atoms with Crippen LogP contribution in [-0.4, -0.2) is 13.1 Å². The molecule has 1 aliphatic heterocycles. The van der Waals surface area contributed by atoms with Crippen LogP contribution >= 0.6 is 0 Å². The van der Waals surface area contributed by atoms with E-state index < -0.39 is 0 Å². The first-order valence-electron chi connectivity index (χ1n) is 6.78. The van der Waals surface area contributed by atoms with E-state index in [-0.39, 0.29) is 0 Å². The zero-order chi connectivity index (χ0) is 12.1. The van der Waals surface area contributed by atoms with Gasteiger partial charge >= 0.3 is 0 Å². The van der Waals surface area contributed by atoms with E-state index in [1.807, 2.05) is 0 Å². The first kappa shape index (κ1) is 12.4. The highest BCUT2D eigenvalue weighted by atomic mass is 14.9. The molecule has 1 saturated heterocycles. The van der Waals surface area contributed by atoms with Crippen molar-refractivity contribution in [2.75, 3.05) is 13.1 Å². The number of piperidine rings is 1. The molecular formula is C16H23N. The van der Waals surface area contributed by atoms with Gasteiger partial charge < -0.3 is 5.32 Å². The monoisotopic (exact) mass is 229 g/mol. The van der Waals surface area contributed by atoms with Crippen molar-refractivity contribution in [3.63, 3.8) is 0 Å². The normalized spacial score (nSPS) is 22.1. The number of hydrogen-bond donors (Lipinski definition) is 1. The minimum absolute atomic E-state index is 0.744. The molecule has 0 radical (unpaired) electrons. The minimum atomic E-state index is 0.744. The zero-order valence-electron chi connectivity index (χ0n) is 11.0. The predicted octanol–water partition coefficient (Wildman–Crippen LogP) is 3.87. The number of hydrogen-bond acceptors (Lipinski definition) is 1. The Hall–Kier alpha value is -1.08. The van der Waals surface area contributed by atoms with Gasteiger partial charge in [-0.2, -0.15) is 0 Å². The second-order valence-corrected chi connectivity index (χ2v) is 4.91. The molecule has 0 aliphatic carbocycles. The Labute approximate surface area is 105 Å². The molecule has 17 heavy (non-hydrogen) atoms. The molecule has 1 aromatic rings. The third kappa shape index (κ3) is 2.98. The highest BCUT2D eigenvalue weighted by Gasteiger charge is 2.18. The van der Waals surface area contributed by atoms with Crippen LogP contribution in [0.2, 0.25) is 0 Å². The molecule has 0 bridgehead atoms. The Kier molecular flexibility index (Phi) is 4.38. The molecule has 1 atom stereocenters. The van der Waals surface area contributed by atoms with Crippen LogP contribution in [0.3, 0.4) is 0 Å². The number of rotatable bonds is 3. The lowest BCUT2D eigenvalue weighted by Gasteiger charge is -2.27. The molecule has 1 fully saturated rings. The van der Waals surface area contributed by atoms with Crippen molar-refractivity contribution in [3.8, 4) is 0 Å². The Bertz CT molecular complexity index is 372. The van der Waals surface area contributed by atoms with Crippen molar-refractivity contribution in [2.45, 2.75) is 33.1 Å². The molecule has 1 nitrogen and oxygen atoms in total. The Balaban J connectivity index is 2.25. The summed E-state index contributed by atoms with van der Waals surface area (Å²) >= 11 is 0. The highest BCUT2D eigenvalue weighted by Crippen LogP contribution is 2.29. The van der Waals surface area contributed by atoms with Gasteiger partial charge in [0.2, 0.25) is 0 Å². The average molecular weight is 229 g/mol. The standard InChI is InChI=1S/C16H23N/c1-3-16(15-10-7-11-17-12-15)13(2)14-8-5-4-6-9-14/h4-6,8-9,15,17H,3,7,10-12H2,1-2H3/b16-13+. The molecular weight excluding hydrogens is 206 g/mol. The maximum Gasteiger partial charge on any atom is 0.00171 e. The maximum atomic E-state index is 3.52. The van der Waals surface area contributed by atoms with E-state index in [2.05, 4.69) is 49.5 Å². The summed E-state index contributed by atoms with van der Waals surface area (Å²) in [6, 6.07) is 10.8. The fourth-order valence-electron chi connectivity index (χ4n) is 2.88. The SMILES string of the molecule is CC/C(=C(/C)c1ccccc1)C1CCCNC1. The van der Waals surface area contributed by atoms with Crippen LogP contribution in [0.1, 0.15) is 38.7 Å². The largest absolute Gasteiger partial charge is 0.316 e. The van der Waals surface area contributed by atoms with Crippen LogP contribution in [0.4, 0.5) is 0 Å². The van der Waals surface area contributed by atoms with E-state index in [1.165, 1.54) is 36.9 Å². The van der Waals surface area contributed by atoms with Gasteiger partial charge in [-0.15, -0.1) is 0 Å². The molecule has 0 aromatic heterocycles. The van der Waals surface area contributed by atoms with E-state index >= 15 is 0 Å². The summed E-state index contributed by atoms with van der Waals surface area (Å²) < 4.78 is 0. The first-order valence-corrected chi connectivity index (χ1v) is 6.78. The van der Waals surface area contributed by atoms with Gasteiger partial charge in [-0.3, -0.25) is 0 Å². The fourth-order valence-corrected chi connectivity index (χ4v) is 2.88. The molecule has 1 heteroatoms. The Morgan fingerprint density at radius 1 is 1.29 bits per heavy atom. The fraction of sp³-hybridized carbons (Fsp3) is 0.500. The molecule has 1 aliphatic rings. The van der Waals surface area contributed by atoms with Gasteiger partial charge in [-0.25, -0.2) is 0 Å². The van der Waals surface area contributed by atoms with Gasteiger partial charge in [0.1, 0.15) is 0 Å². The Morgan fingerprint density at radius 2 is 2.06 bits per heavy atom. The van der Waals surface area contributed by atoms with Gasteiger partial charge in [-0.05, 0) is 49.8 Å². The van der Waals surface area contributed by atoms with Crippen LogP contribution in [0, 0.1) is 5.92 Å². The zero-order valence-corrected chi connectivity index (χ0v) is 11.0. The van der Waals surface area contributed by atoms with Crippen LogP contribution in [0.25, 0.3) is 5.57 Å². The van der Waals surface area contributed by atoms with Gasteiger partial charge in [0.15, 0.2) is 0 Å². The van der Waals surface area contributed by atoms with Gasteiger partial charge in [0.05, 0.1) is 0 Å². The molecule has 92 valence electrons. The van der Waals surface area contributed by atoms with Crippen LogP contribution in [-0.2, 0) is 0 Å². The summed E-state index contributed by atoms with van der Waals surface area (Å²) in [5.74, 6) is 0.744. The number of benzene rings is 1. The van der Waals surface area contributed by atoms with E-state index in [0.717, 1.165) is 12.5 Å². The molecule has 2 rings (SSSR count). The maximum absolute atomic E-state index is 3.52. The summed E-state index contributed by atoms with van der Waals surface area (Å²) in [5, 5.41) is 3.52. The van der Waals surface area contributed by atoms with E-state index in [9.17, 15) is 0 Å². The van der Waals surface area contributed by atoms with Crippen LogP contribution in [0.15, 0.2) is 35.9 Å². The van der Waals surface area contributed by atoms with Gasteiger partial charge in [0, 0.05) is 6.54 Å². The first-order chi connectivity index (χ1) is 8.33. The average Bonchev–Trinajstić information content (AvgIpc) is 2.42. The molecule has 1 unspecified atom stereocenters.